The van der Waals surface area contributed by atoms with Crippen LogP contribution in [0.2, 0.25) is 0 Å². The summed E-state index contributed by atoms with van der Waals surface area (Å²) < 4.78 is 33.2. The summed E-state index contributed by atoms with van der Waals surface area (Å²) >= 11 is 4.99. The van der Waals surface area contributed by atoms with Gasteiger partial charge in [-0.15, -0.1) is 0 Å². The van der Waals surface area contributed by atoms with Crippen molar-refractivity contribution in [3.05, 3.63) is 0 Å². The Morgan fingerprint density at radius 2 is 1.89 bits per heavy atom. The molecule has 2 aliphatic rings. The van der Waals surface area contributed by atoms with E-state index in [2.05, 4.69) is 0 Å². The maximum Gasteiger partial charge on any atom is 0.282 e. The van der Waals surface area contributed by atoms with Gasteiger partial charge in [0.2, 0.25) is 0 Å². The van der Waals surface area contributed by atoms with Gasteiger partial charge in [0.15, 0.2) is 0 Å². The highest BCUT2D eigenvalue weighted by Crippen LogP contribution is 2.23. The zero-order chi connectivity index (χ0) is 13.2. The van der Waals surface area contributed by atoms with E-state index in [1.54, 1.807) is 0 Å². The Kier molecular flexibility index (Phi) is 4.54. The van der Waals surface area contributed by atoms with Gasteiger partial charge in [0.25, 0.3) is 10.2 Å². The molecule has 1 unspecified atom stereocenters. The van der Waals surface area contributed by atoms with Gasteiger partial charge in [-0.25, -0.2) is 0 Å². The van der Waals surface area contributed by atoms with E-state index >= 15 is 0 Å². The van der Waals surface area contributed by atoms with Crippen LogP contribution in [0.1, 0.15) is 19.3 Å². The van der Waals surface area contributed by atoms with E-state index in [4.69, 9.17) is 22.7 Å². The third-order valence-corrected chi connectivity index (χ3v) is 5.69. The zero-order valence-corrected chi connectivity index (χ0v) is 11.9. The zero-order valence-electron chi connectivity index (χ0n) is 10.2. The summed E-state index contributed by atoms with van der Waals surface area (Å²) in [5.41, 5.74) is 5.67. The van der Waals surface area contributed by atoms with E-state index in [-0.39, 0.29) is 11.0 Å². The van der Waals surface area contributed by atoms with E-state index in [9.17, 15) is 8.42 Å². The molecule has 2 heterocycles. The first-order valence-electron chi connectivity index (χ1n) is 6.17. The molecule has 104 valence electrons. The van der Waals surface area contributed by atoms with Crippen molar-refractivity contribution in [2.24, 2.45) is 5.73 Å². The van der Waals surface area contributed by atoms with Crippen LogP contribution in [0.15, 0.2) is 0 Å². The molecule has 0 bridgehead atoms. The third kappa shape index (κ3) is 2.83. The number of hydrogen-bond acceptors (Lipinski definition) is 4. The summed E-state index contributed by atoms with van der Waals surface area (Å²) in [6.07, 6.45) is 2.55. The Morgan fingerprint density at radius 1 is 1.22 bits per heavy atom. The molecule has 0 radical (unpaired) electrons. The minimum absolute atomic E-state index is 0.270. The summed E-state index contributed by atoms with van der Waals surface area (Å²) in [5, 5.41) is 0. The monoisotopic (exact) mass is 293 g/mol. The average molecular weight is 293 g/mol. The van der Waals surface area contributed by atoms with Gasteiger partial charge in [0.05, 0.1) is 24.2 Å². The molecule has 0 saturated carbocycles. The van der Waals surface area contributed by atoms with E-state index < -0.39 is 10.2 Å². The topological polar surface area (TPSA) is 75.9 Å². The van der Waals surface area contributed by atoms with Gasteiger partial charge >= 0.3 is 0 Å². The van der Waals surface area contributed by atoms with Crippen LogP contribution in [-0.4, -0.2) is 60.9 Å². The second kappa shape index (κ2) is 5.79. The predicted octanol–water partition coefficient (Wildman–Crippen LogP) is -0.296. The molecule has 0 aromatic heterocycles. The molecular formula is C10H19N3O3S2. The number of nitrogens with zero attached hydrogens (tertiary/aromatic N) is 2. The highest BCUT2D eigenvalue weighted by molar-refractivity contribution is 7.87. The van der Waals surface area contributed by atoms with Crippen molar-refractivity contribution in [1.82, 2.24) is 8.61 Å². The van der Waals surface area contributed by atoms with E-state index in [1.165, 1.54) is 8.61 Å². The smallest absolute Gasteiger partial charge is 0.282 e. The summed E-state index contributed by atoms with van der Waals surface area (Å²) in [7, 11) is -3.46. The summed E-state index contributed by atoms with van der Waals surface area (Å²) in [5.74, 6) is 0. The SMILES string of the molecule is NC(=S)C1CCCCN1S(=O)(=O)N1CCOCC1. The number of rotatable bonds is 3. The number of piperidine rings is 1. The number of ether oxygens (including phenoxy) is 1. The number of nitrogens with two attached hydrogens (primary N) is 1. The standard InChI is InChI=1S/C10H19N3O3S2/c11-10(17)9-3-1-2-4-13(9)18(14,15)12-5-7-16-8-6-12/h9H,1-8H2,(H2,11,17). The van der Waals surface area contributed by atoms with Crippen LogP contribution in [-0.2, 0) is 14.9 Å². The minimum Gasteiger partial charge on any atom is -0.392 e. The number of thiocarbonyl (C=S) groups is 1. The normalized spacial score (nSPS) is 28.1. The fourth-order valence-electron chi connectivity index (χ4n) is 2.39. The molecule has 2 saturated heterocycles. The fourth-order valence-corrected chi connectivity index (χ4v) is 4.51. The lowest BCUT2D eigenvalue weighted by Crippen LogP contribution is -2.56. The van der Waals surface area contributed by atoms with Crippen LogP contribution in [0.25, 0.3) is 0 Å². The van der Waals surface area contributed by atoms with Crippen LogP contribution < -0.4 is 5.73 Å². The lowest BCUT2D eigenvalue weighted by molar-refractivity contribution is 0.0692. The maximum atomic E-state index is 12.5. The number of hydrogen-bond donors (Lipinski definition) is 1. The van der Waals surface area contributed by atoms with Gasteiger partial charge in [0.1, 0.15) is 0 Å². The molecule has 18 heavy (non-hydrogen) atoms. The molecule has 2 rings (SSSR count). The highest BCUT2D eigenvalue weighted by Gasteiger charge is 2.38. The average Bonchev–Trinajstić information content (AvgIpc) is 2.39. The molecule has 0 amide bonds. The molecule has 0 aromatic rings. The molecule has 0 spiro atoms. The van der Waals surface area contributed by atoms with Crippen LogP contribution in [0.4, 0.5) is 0 Å². The second-order valence-corrected chi connectivity index (χ2v) is 6.90. The van der Waals surface area contributed by atoms with Crippen LogP contribution in [0.3, 0.4) is 0 Å². The molecule has 0 aliphatic carbocycles. The van der Waals surface area contributed by atoms with Gasteiger partial charge in [0, 0.05) is 19.6 Å². The van der Waals surface area contributed by atoms with E-state index in [1.807, 2.05) is 0 Å². The molecule has 2 fully saturated rings. The van der Waals surface area contributed by atoms with Crippen molar-refractivity contribution >= 4 is 27.4 Å². The predicted molar refractivity (Wildman–Crippen MR) is 72.4 cm³/mol. The third-order valence-electron chi connectivity index (χ3n) is 3.37. The summed E-state index contributed by atoms with van der Waals surface area (Å²) in [4.78, 5) is 0.270. The van der Waals surface area contributed by atoms with Gasteiger partial charge in [-0.1, -0.05) is 18.6 Å². The quantitative estimate of drug-likeness (QED) is 0.723. The van der Waals surface area contributed by atoms with Crippen LogP contribution in [0.5, 0.6) is 0 Å². The van der Waals surface area contributed by atoms with Crippen molar-refractivity contribution < 1.29 is 13.2 Å². The lowest BCUT2D eigenvalue weighted by Gasteiger charge is -2.38. The van der Waals surface area contributed by atoms with Gasteiger partial charge in [-0.2, -0.15) is 17.0 Å². The first-order valence-corrected chi connectivity index (χ1v) is 7.98. The first kappa shape index (κ1) is 14.1. The molecule has 1 atom stereocenters. The van der Waals surface area contributed by atoms with Crippen LogP contribution in [0, 0.1) is 0 Å². The van der Waals surface area contributed by atoms with Crippen molar-refractivity contribution in [2.45, 2.75) is 25.3 Å². The van der Waals surface area contributed by atoms with Crippen molar-refractivity contribution in [3.63, 3.8) is 0 Å². The Morgan fingerprint density at radius 3 is 2.50 bits per heavy atom. The number of morpholine rings is 1. The molecule has 0 aromatic carbocycles. The molecule has 8 heteroatoms. The largest absolute Gasteiger partial charge is 0.392 e. The van der Waals surface area contributed by atoms with Crippen molar-refractivity contribution in [2.75, 3.05) is 32.8 Å². The molecule has 2 N–H and O–H groups in total. The first-order chi connectivity index (χ1) is 8.53. The van der Waals surface area contributed by atoms with Gasteiger partial charge < -0.3 is 10.5 Å². The van der Waals surface area contributed by atoms with Gasteiger partial charge in [-0.05, 0) is 12.8 Å². The Balaban J connectivity index is 2.18. The van der Waals surface area contributed by atoms with Crippen molar-refractivity contribution in [3.8, 4) is 0 Å². The maximum absolute atomic E-state index is 12.5. The summed E-state index contributed by atoms with van der Waals surface area (Å²) in [6.45, 7) is 2.21. The molecule has 2 aliphatic heterocycles. The highest BCUT2D eigenvalue weighted by atomic mass is 32.2. The van der Waals surface area contributed by atoms with Crippen molar-refractivity contribution in [1.29, 1.82) is 0 Å². The molecule has 6 nitrogen and oxygen atoms in total. The second-order valence-electron chi connectivity index (χ2n) is 4.54. The lowest BCUT2D eigenvalue weighted by atomic mass is 10.1. The van der Waals surface area contributed by atoms with Crippen LogP contribution >= 0.6 is 12.2 Å². The molecular weight excluding hydrogens is 274 g/mol. The fraction of sp³-hybridized carbons (Fsp3) is 0.900. The Labute approximate surface area is 113 Å². The Hall–Kier alpha value is -0.280. The summed E-state index contributed by atoms with van der Waals surface area (Å²) in [6, 6.07) is -0.332. The Bertz CT molecular complexity index is 407. The van der Waals surface area contributed by atoms with E-state index in [0.29, 0.717) is 32.8 Å². The van der Waals surface area contributed by atoms with E-state index in [0.717, 1.165) is 19.3 Å². The van der Waals surface area contributed by atoms with Gasteiger partial charge in [-0.3, -0.25) is 0 Å². The minimum atomic E-state index is -3.46.